The number of carbonyl (C=O) groups is 2. The summed E-state index contributed by atoms with van der Waals surface area (Å²) in [7, 11) is 1.52. The van der Waals surface area contributed by atoms with E-state index >= 15 is 0 Å². The lowest BCUT2D eigenvalue weighted by molar-refractivity contribution is -0.145. The summed E-state index contributed by atoms with van der Waals surface area (Å²) in [6, 6.07) is 7.38. The van der Waals surface area contributed by atoms with E-state index in [0.717, 1.165) is 5.56 Å². The summed E-state index contributed by atoms with van der Waals surface area (Å²) in [6.07, 6.45) is 0.555. The molecule has 1 aliphatic heterocycles. The van der Waals surface area contributed by atoms with Crippen molar-refractivity contribution < 1.29 is 24.2 Å². The van der Waals surface area contributed by atoms with Gasteiger partial charge in [-0.1, -0.05) is 18.2 Å². The van der Waals surface area contributed by atoms with Crippen LogP contribution in [0.15, 0.2) is 24.3 Å². The number of ether oxygens (including phenoxy) is 2. The van der Waals surface area contributed by atoms with Crippen LogP contribution in [0.2, 0.25) is 0 Å². The Kier molecular flexibility index (Phi) is 5.16. The molecular formula is C15H19NO5. The molecule has 0 saturated carbocycles. The average Bonchev–Trinajstić information content (AvgIpc) is 2.50. The Morgan fingerprint density at radius 3 is 2.90 bits per heavy atom. The number of amides is 1. The van der Waals surface area contributed by atoms with Gasteiger partial charge in [0.1, 0.15) is 12.3 Å². The average molecular weight is 293 g/mol. The van der Waals surface area contributed by atoms with Crippen LogP contribution in [0.3, 0.4) is 0 Å². The van der Waals surface area contributed by atoms with E-state index in [1.807, 2.05) is 24.3 Å². The van der Waals surface area contributed by atoms with Crippen LogP contribution >= 0.6 is 0 Å². The second-order valence-electron chi connectivity index (χ2n) is 4.87. The molecule has 0 radical (unpaired) electrons. The molecule has 1 aromatic rings. The highest BCUT2D eigenvalue weighted by Gasteiger charge is 2.31. The quantitative estimate of drug-likeness (QED) is 0.850. The number of aliphatic carboxylic acids is 1. The number of para-hydroxylation sites is 1. The Bertz CT molecular complexity index is 517. The Morgan fingerprint density at radius 1 is 1.43 bits per heavy atom. The number of carboxylic acids is 1. The van der Waals surface area contributed by atoms with Crippen molar-refractivity contribution in [2.24, 2.45) is 0 Å². The molecule has 1 aromatic carbocycles. The SMILES string of the molecule is COCCN(CC(=O)O)C(=O)C1CCOc2ccccc21. The molecule has 0 aliphatic carbocycles. The van der Waals surface area contributed by atoms with Crippen molar-refractivity contribution in [1.29, 1.82) is 0 Å². The maximum absolute atomic E-state index is 12.7. The topological polar surface area (TPSA) is 76.1 Å². The monoisotopic (exact) mass is 293 g/mol. The first-order chi connectivity index (χ1) is 10.1. The second-order valence-corrected chi connectivity index (χ2v) is 4.87. The molecular weight excluding hydrogens is 274 g/mol. The molecule has 1 amide bonds. The Hall–Kier alpha value is -2.08. The van der Waals surface area contributed by atoms with E-state index in [-0.39, 0.29) is 24.9 Å². The van der Waals surface area contributed by atoms with Gasteiger partial charge in [-0.25, -0.2) is 0 Å². The van der Waals surface area contributed by atoms with E-state index in [1.54, 1.807) is 0 Å². The first kappa shape index (κ1) is 15.3. The molecule has 0 saturated heterocycles. The molecule has 0 spiro atoms. The van der Waals surface area contributed by atoms with Crippen molar-refractivity contribution in [2.45, 2.75) is 12.3 Å². The van der Waals surface area contributed by atoms with Gasteiger partial charge in [-0.15, -0.1) is 0 Å². The van der Waals surface area contributed by atoms with Crippen LogP contribution in [-0.4, -0.2) is 55.3 Å². The van der Waals surface area contributed by atoms with Gasteiger partial charge in [-0.3, -0.25) is 9.59 Å². The largest absolute Gasteiger partial charge is 0.493 e. The summed E-state index contributed by atoms with van der Waals surface area (Å²) in [5, 5.41) is 8.97. The van der Waals surface area contributed by atoms with E-state index in [0.29, 0.717) is 25.4 Å². The van der Waals surface area contributed by atoms with E-state index in [2.05, 4.69) is 0 Å². The molecule has 1 heterocycles. The lowest BCUT2D eigenvalue weighted by Crippen LogP contribution is -2.41. The van der Waals surface area contributed by atoms with Gasteiger partial charge in [-0.05, 0) is 12.5 Å². The fourth-order valence-corrected chi connectivity index (χ4v) is 2.45. The molecule has 0 fully saturated rings. The number of carboxylic acid groups (broad SMARTS) is 1. The predicted octanol–water partition coefficient (Wildman–Crippen LogP) is 1.11. The molecule has 114 valence electrons. The lowest BCUT2D eigenvalue weighted by atomic mass is 9.92. The maximum Gasteiger partial charge on any atom is 0.323 e. The molecule has 21 heavy (non-hydrogen) atoms. The van der Waals surface area contributed by atoms with Crippen LogP contribution in [0, 0.1) is 0 Å². The number of carbonyl (C=O) groups excluding carboxylic acids is 1. The van der Waals surface area contributed by atoms with Crippen LogP contribution in [0.4, 0.5) is 0 Å². The van der Waals surface area contributed by atoms with Crippen molar-refractivity contribution in [3.63, 3.8) is 0 Å². The smallest absolute Gasteiger partial charge is 0.323 e. The normalized spacial score (nSPS) is 16.7. The minimum Gasteiger partial charge on any atom is -0.493 e. The van der Waals surface area contributed by atoms with Crippen LogP contribution in [-0.2, 0) is 14.3 Å². The highest BCUT2D eigenvalue weighted by atomic mass is 16.5. The number of benzene rings is 1. The minimum absolute atomic E-state index is 0.190. The van der Waals surface area contributed by atoms with Crippen LogP contribution in [0.25, 0.3) is 0 Å². The molecule has 1 aliphatic rings. The first-order valence-corrected chi connectivity index (χ1v) is 6.84. The summed E-state index contributed by atoms with van der Waals surface area (Å²) in [5.74, 6) is -0.875. The van der Waals surface area contributed by atoms with E-state index in [4.69, 9.17) is 14.6 Å². The number of rotatable bonds is 6. The fraction of sp³-hybridized carbons (Fsp3) is 0.467. The zero-order valence-electron chi connectivity index (χ0n) is 11.9. The van der Waals surface area contributed by atoms with Gasteiger partial charge in [0.05, 0.1) is 19.1 Å². The van der Waals surface area contributed by atoms with Gasteiger partial charge >= 0.3 is 5.97 Å². The summed E-state index contributed by atoms with van der Waals surface area (Å²) in [6.45, 7) is 0.714. The Balaban J connectivity index is 2.18. The summed E-state index contributed by atoms with van der Waals surface area (Å²) >= 11 is 0. The number of fused-ring (bicyclic) bond motifs is 1. The summed E-state index contributed by atoms with van der Waals surface area (Å²) < 4.78 is 10.5. The number of nitrogens with zero attached hydrogens (tertiary/aromatic N) is 1. The summed E-state index contributed by atoms with van der Waals surface area (Å²) in [4.78, 5) is 24.9. The van der Waals surface area contributed by atoms with Crippen molar-refractivity contribution in [3.8, 4) is 5.75 Å². The van der Waals surface area contributed by atoms with E-state index in [1.165, 1.54) is 12.0 Å². The number of methoxy groups -OCH3 is 1. The van der Waals surface area contributed by atoms with Crippen LogP contribution in [0.1, 0.15) is 17.9 Å². The van der Waals surface area contributed by atoms with Crippen molar-refractivity contribution in [2.75, 3.05) is 33.4 Å². The third-order valence-electron chi connectivity index (χ3n) is 3.46. The fourth-order valence-electron chi connectivity index (χ4n) is 2.45. The standard InChI is InChI=1S/C15H19NO5/c1-20-9-7-16(10-14(17)18)15(19)12-6-8-21-13-5-3-2-4-11(12)13/h2-5,12H,6-10H2,1H3,(H,17,18). The molecule has 0 aromatic heterocycles. The maximum atomic E-state index is 12.7. The minimum atomic E-state index is -1.03. The molecule has 6 heteroatoms. The second kappa shape index (κ2) is 7.08. The zero-order chi connectivity index (χ0) is 15.2. The van der Waals surface area contributed by atoms with E-state index in [9.17, 15) is 9.59 Å². The molecule has 1 N–H and O–H groups in total. The molecule has 2 rings (SSSR count). The van der Waals surface area contributed by atoms with Gasteiger partial charge in [-0.2, -0.15) is 0 Å². The molecule has 1 unspecified atom stereocenters. The number of hydrogen-bond acceptors (Lipinski definition) is 4. The predicted molar refractivity (Wildman–Crippen MR) is 75.4 cm³/mol. The third-order valence-corrected chi connectivity index (χ3v) is 3.46. The first-order valence-electron chi connectivity index (χ1n) is 6.84. The highest BCUT2D eigenvalue weighted by Crippen LogP contribution is 2.34. The van der Waals surface area contributed by atoms with Gasteiger partial charge in [0.25, 0.3) is 0 Å². The van der Waals surface area contributed by atoms with Gasteiger partial charge in [0.2, 0.25) is 5.91 Å². The van der Waals surface area contributed by atoms with Gasteiger partial charge in [0, 0.05) is 19.2 Å². The molecule has 1 atom stereocenters. The number of hydrogen-bond donors (Lipinski definition) is 1. The van der Waals surface area contributed by atoms with Gasteiger partial charge < -0.3 is 19.5 Å². The van der Waals surface area contributed by atoms with Crippen molar-refractivity contribution in [1.82, 2.24) is 4.90 Å². The van der Waals surface area contributed by atoms with Crippen molar-refractivity contribution >= 4 is 11.9 Å². The highest BCUT2D eigenvalue weighted by molar-refractivity contribution is 5.87. The Labute approximate surface area is 123 Å². The zero-order valence-corrected chi connectivity index (χ0v) is 11.9. The van der Waals surface area contributed by atoms with Gasteiger partial charge in [0.15, 0.2) is 0 Å². The summed E-state index contributed by atoms with van der Waals surface area (Å²) in [5.41, 5.74) is 0.821. The van der Waals surface area contributed by atoms with Crippen LogP contribution in [0.5, 0.6) is 5.75 Å². The third kappa shape index (κ3) is 3.72. The van der Waals surface area contributed by atoms with E-state index < -0.39 is 5.97 Å². The Morgan fingerprint density at radius 2 is 2.19 bits per heavy atom. The molecule has 6 nitrogen and oxygen atoms in total. The molecule has 0 bridgehead atoms. The van der Waals surface area contributed by atoms with Crippen LogP contribution < -0.4 is 4.74 Å². The lowest BCUT2D eigenvalue weighted by Gasteiger charge is -2.30. The van der Waals surface area contributed by atoms with Crippen molar-refractivity contribution in [3.05, 3.63) is 29.8 Å².